The minimum atomic E-state index is -0.797. The average Bonchev–Trinajstić information content (AvgIpc) is 2.35. The van der Waals surface area contributed by atoms with Gasteiger partial charge in [-0.2, -0.15) is 9.90 Å². The standard InChI is InChI=1S/C15H22O2.H3P/c1-5-10-9-14(15(16)17)13(8-4)12(7-3)11(10)6-2;/h9H,5-8H2,1-4H3,(H,16,17);1H3. The largest absolute Gasteiger partial charge is 0.478 e. The molecule has 0 aliphatic rings. The number of carbonyl (C=O) groups is 1. The first-order chi connectivity index (χ1) is 8.10. The number of benzene rings is 1. The molecule has 0 bridgehead atoms. The van der Waals surface area contributed by atoms with Gasteiger partial charge in [0.05, 0.1) is 5.56 Å². The smallest absolute Gasteiger partial charge is 0.335 e. The van der Waals surface area contributed by atoms with Crippen LogP contribution < -0.4 is 0 Å². The van der Waals surface area contributed by atoms with Crippen LogP contribution in [0.5, 0.6) is 0 Å². The quantitative estimate of drug-likeness (QED) is 0.827. The zero-order valence-corrected chi connectivity index (χ0v) is 13.4. The predicted molar refractivity (Wildman–Crippen MR) is 82.0 cm³/mol. The molecule has 0 heterocycles. The van der Waals surface area contributed by atoms with Gasteiger partial charge in [0.25, 0.3) is 0 Å². The second-order valence-electron chi connectivity index (χ2n) is 4.24. The van der Waals surface area contributed by atoms with Gasteiger partial charge in [-0.25, -0.2) is 4.79 Å². The van der Waals surface area contributed by atoms with Crippen molar-refractivity contribution in [1.29, 1.82) is 0 Å². The normalized spacial score (nSPS) is 10.0. The monoisotopic (exact) mass is 268 g/mol. The lowest BCUT2D eigenvalue weighted by atomic mass is 9.87. The van der Waals surface area contributed by atoms with Crippen molar-refractivity contribution in [1.82, 2.24) is 0 Å². The molecule has 0 saturated heterocycles. The molecule has 0 aliphatic heterocycles. The van der Waals surface area contributed by atoms with Crippen LogP contribution in [0.2, 0.25) is 0 Å². The van der Waals surface area contributed by atoms with Gasteiger partial charge < -0.3 is 5.11 Å². The maximum atomic E-state index is 11.3. The van der Waals surface area contributed by atoms with E-state index in [1.165, 1.54) is 16.7 Å². The second-order valence-corrected chi connectivity index (χ2v) is 4.24. The summed E-state index contributed by atoms with van der Waals surface area (Å²) >= 11 is 0. The van der Waals surface area contributed by atoms with Gasteiger partial charge >= 0.3 is 5.97 Å². The third kappa shape index (κ3) is 3.11. The molecule has 1 rings (SSSR count). The highest BCUT2D eigenvalue weighted by atomic mass is 31.0. The molecule has 2 nitrogen and oxygen atoms in total. The van der Waals surface area contributed by atoms with Gasteiger partial charge in [0.15, 0.2) is 0 Å². The van der Waals surface area contributed by atoms with Crippen LogP contribution >= 0.6 is 9.90 Å². The van der Waals surface area contributed by atoms with Crippen molar-refractivity contribution >= 4 is 15.9 Å². The minimum absolute atomic E-state index is 0. The Balaban J connectivity index is 0.00000289. The van der Waals surface area contributed by atoms with Gasteiger partial charge in [-0.3, -0.25) is 0 Å². The summed E-state index contributed by atoms with van der Waals surface area (Å²) < 4.78 is 0. The lowest BCUT2D eigenvalue weighted by Gasteiger charge is -2.18. The molecule has 102 valence electrons. The molecule has 0 radical (unpaired) electrons. The molecular formula is C15H25O2P. The molecule has 1 N–H and O–H groups in total. The fraction of sp³-hybridized carbons (Fsp3) is 0.533. The Morgan fingerprint density at radius 2 is 1.44 bits per heavy atom. The van der Waals surface area contributed by atoms with Crippen LogP contribution in [0.1, 0.15) is 60.3 Å². The summed E-state index contributed by atoms with van der Waals surface area (Å²) in [6.45, 7) is 8.38. The van der Waals surface area contributed by atoms with Crippen molar-refractivity contribution in [2.75, 3.05) is 0 Å². The summed E-state index contributed by atoms with van der Waals surface area (Å²) in [4.78, 5) is 11.3. The maximum Gasteiger partial charge on any atom is 0.335 e. The van der Waals surface area contributed by atoms with Crippen molar-refractivity contribution < 1.29 is 9.90 Å². The van der Waals surface area contributed by atoms with Crippen molar-refractivity contribution in [3.63, 3.8) is 0 Å². The lowest BCUT2D eigenvalue weighted by molar-refractivity contribution is 0.0695. The Morgan fingerprint density at radius 1 is 0.944 bits per heavy atom. The highest BCUT2D eigenvalue weighted by Gasteiger charge is 2.17. The number of carboxylic acids is 1. The van der Waals surface area contributed by atoms with Crippen LogP contribution in [-0.4, -0.2) is 11.1 Å². The summed E-state index contributed by atoms with van der Waals surface area (Å²) in [7, 11) is 0. The van der Waals surface area contributed by atoms with Crippen molar-refractivity contribution in [3.8, 4) is 0 Å². The first kappa shape index (κ1) is 17.1. The molecule has 0 saturated carbocycles. The topological polar surface area (TPSA) is 37.3 Å². The van der Waals surface area contributed by atoms with E-state index in [4.69, 9.17) is 0 Å². The summed E-state index contributed by atoms with van der Waals surface area (Å²) in [6.07, 6.45) is 3.60. The molecular weight excluding hydrogens is 243 g/mol. The predicted octanol–water partition coefficient (Wildman–Crippen LogP) is 3.69. The average molecular weight is 268 g/mol. The van der Waals surface area contributed by atoms with Crippen LogP contribution in [-0.2, 0) is 25.7 Å². The lowest BCUT2D eigenvalue weighted by Crippen LogP contribution is -2.10. The van der Waals surface area contributed by atoms with E-state index in [2.05, 4.69) is 20.8 Å². The molecule has 1 aromatic rings. The van der Waals surface area contributed by atoms with Crippen LogP contribution in [0.25, 0.3) is 0 Å². The van der Waals surface area contributed by atoms with E-state index in [0.29, 0.717) is 5.56 Å². The maximum absolute atomic E-state index is 11.3. The highest BCUT2D eigenvalue weighted by Crippen LogP contribution is 2.26. The van der Waals surface area contributed by atoms with E-state index in [9.17, 15) is 9.90 Å². The first-order valence-corrected chi connectivity index (χ1v) is 6.50. The SMILES string of the molecule is CCc1cc(C(=O)O)c(CC)c(CC)c1CC.P. The van der Waals surface area contributed by atoms with Crippen LogP contribution in [0.15, 0.2) is 6.07 Å². The van der Waals surface area contributed by atoms with E-state index in [0.717, 1.165) is 31.2 Å². The Hall–Kier alpha value is -0.880. The molecule has 1 unspecified atom stereocenters. The zero-order chi connectivity index (χ0) is 13.0. The van der Waals surface area contributed by atoms with E-state index >= 15 is 0 Å². The Bertz CT molecular complexity index is 425. The summed E-state index contributed by atoms with van der Waals surface area (Å²) in [5.41, 5.74) is 5.33. The Morgan fingerprint density at radius 3 is 1.78 bits per heavy atom. The van der Waals surface area contributed by atoms with Gasteiger partial charge in [-0.05, 0) is 54.0 Å². The van der Waals surface area contributed by atoms with Gasteiger partial charge in [-0.15, -0.1) is 0 Å². The minimum Gasteiger partial charge on any atom is -0.478 e. The molecule has 3 heteroatoms. The number of aryl methyl sites for hydroxylation is 1. The molecule has 0 aliphatic carbocycles. The molecule has 0 fully saturated rings. The van der Waals surface area contributed by atoms with E-state index < -0.39 is 5.97 Å². The van der Waals surface area contributed by atoms with Crippen LogP contribution in [0, 0.1) is 0 Å². The van der Waals surface area contributed by atoms with Crippen molar-refractivity contribution in [3.05, 3.63) is 33.9 Å². The van der Waals surface area contributed by atoms with Gasteiger partial charge in [-0.1, -0.05) is 27.7 Å². The molecule has 0 amide bonds. The Kier molecular flexibility index (Phi) is 7.16. The Labute approximate surface area is 113 Å². The van der Waals surface area contributed by atoms with Gasteiger partial charge in [0, 0.05) is 0 Å². The first-order valence-electron chi connectivity index (χ1n) is 6.50. The summed E-state index contributed by atoms with van der Waals surface area (Å²) in [5, 5.41) is 9.30. The fourth-order valence-electron chi connectivity index (χ4n) is 2.66. The molecule has 18 heavy (non-hydrogen) atoms. The van der Waals surface area contributed by atoms with Crippen molar-refractivity contribution in [2.45, 2.75) is 53.4 Å². The molecule has 0 spiro atoms. The summed E-state index contributed by atoms with van der Waals surface area (Å²) in [6, 6.07) is 1.87. The van der Waals surface area contributed by atoms with E-state index in [-0.39, 0.29) is 9.90 Å². The van der Waals surface area contributed by atoms with Gasteiger partial charge in [0.2, 0.25) is 0 Å². The number of hydrogen-bond acceptors (Lipinski definition) is 1. The molecule has 1 aromatic carbocycles. The van der Waals surface area contributed by atoms with Crippen molar-refractivity contribution in [2.24, 2.45) is 0 Å². The van der Waals surface area contributed by atoms with Crippen LogP contribution in [0.4, 0.5) is 0 Å². The zero-order valence-electron chi connectivity index (χ0n) is 12.0. The third-order valence-corrected chi connectivity index (χ3v) is 3.43. The van der Waals surface area contributed by atoms with Gasteiger partial charge in [0.1, 0.15) is 0 Å². The number of carboxylic acid groups (broad SMARTS) is 1. The fourth-order valence-corrected chi connectivity index (χ4v) is 2.66. The number of hydrogen-bond donors (Lipinski definition) is 1. The van der Waals surface area contributed by atoms with E-state index in [1.54, 1.807) is 0 Å². The summed E-state index contributed by atoms with van der Waals surface area (Å²) in [5.74, 6) is -0.797. The van der Waals surface area contributed by atoms with Crippen LogP contribution in [0.3, 0.4) is 0 Å². The van der Waals surface area contributed by atoms with E-state index in [1.807, 2.05) is 13.0 Å². The molecule has 1 atom stereocenters. The molecule has 0 aromatic heterocycles. The number of aromatic carboxylic acids is 1. The number of rotatable bonds is 5. The third-order valence-electron chi connectivity index (χ3n) is 3.43. The highest BCUT2D eigenvalue weighted by molar-refractivity contribution is 6.92. The second kappa shape index (κ2) is 7.53.